The topological polar surface area (TPSA) is 23.8 Å². The van der Waals surface area contributed by atoms with E-state index in [1.165, 1.54) is 0 Å². The smallest absolute Gasteiger partial charge is 0.101 e. The van der Waals surface area contributed by atoms with Gasteiger partial charge in [-0.3, -0.25) is 0 Å². The number of hydrogen-bond acceptors (Lipinski definition) is 1. The summed E-state index contributed by atoms with van der Waals surface area (Å²) in [5, 5.41) is 8.85. The summed E-state index contributed by atoms with van der Waals surface area (Å²) in [6.07, 6.45) is 0. The number of hydrogen-bond donors (Lipinski definition) is 0. The Labute approximate surface area is 88.7 Å². The molecule has 0 bridgehead atoms. The summed E-state index contributed by atoms with van der Waals surface area (Å²) < 4.78 is 1.88. The maximum atomic E-state index is 8.85. The average molecular weight is 289 g/mol. The number of halogens is 2. The van der Waals surface area contributed by atoms with Crippen LogP contribution in [0.1, 0.15) is 16.7 Å². The Morgan fingerprint density at radius 2 is 1.92 bits per heavy atom. The van der Waals surface area contributed by atoms with Crippen LogP contribution >= 0.6 is 31.9 Å². The van der Waals surface area contributed by atoms with E-state index in [0.717, 1.165) is 20.1 Å². The molecule has 1 nitrogen and oxygen atoms in total. The van der Waals surface area contributed by atoms with Crippen LogP contribution < -0.4 is 0 Å². The van der Waals surface area contributed by atoms with Crippen LogP contribution in [-0.2, 0) is 0 Å². The van der Waals surface area contributed by atoms with E-state index in [4.69, 9.17) is 5.26 Å². The first-order valence-electron chi connectivity index (χ1n) is 3.43. The zero-order valence-electron chi connectivity index (χ0n) is 6.78. The number of benzene rings is 1. The molecule has 0 unspecified atom stereocenters. The van der Waals surface area contributed by atoms with Crippen LogP contribution in [0.2, 0.25) is 0 Å². The summed E-state index contributed by atoms with van der Waals surface area (Å²) in [5.41, 5.74) is 2.76. The van der Waals surface area contributed by atoms with Gasteiger partial charge in [0.2, 0.25) is 0 Å². The van der Waals surface area contributed by atoms with Gasteiger partial charge in [-0.1, -0.05) is 15.9 Å². The molecule has 3 heteroatoms. The van der Waals surface area contributed by atoms with Gasteiger partial charge in [-0.15, -0.1) is 0 Å². The summed E-state index contributed by atoms with van der Waals surface area (Å²) in [6, 6.07) is 4.17. The van der Waals surface area contributed by atoms with Crippen LogP contribution in [0.3, 0.4) is 0 Å². The largest absolute Gasteiger partial charge is 0.192 e. The van der Waals surface area contributed by atoms with Gasteiger partial charge < -0.3 is 0 Å². The van der Waals surface area contributed by atoms with Crippen LogP contribution in [0.25, 0.3) is 0 Å². The Balaban J connectivity index is 3.56. The number of nitrogens with zero attached hydrogens (tertiary/aromatic N) is 1. The summed E-state index contributed by atoms with van der Waals surface area (Å²) in [7, 11) is 0. The molecule has 12 heavy (non-hydrogen) atoms. The first-order valence-corrected chi connectivity index (χ1v) is 5.01. The molecule has 0 aliphatic heterocycles. The lowest BCUT2D eigenvalue weighted by atomic mass is 10.1. The minimum atomic E-state index is 0.710. The third-order valence-electron chi connectivity index (χ3n) is 1.75. The van der Waals surface area contributed by atoms with Crippen molar-refractivity contribution in [1.29, 1.82) is 5.26 Å². The molecule has 0 amide bonds. The van der Waals surface area contributed by atoms with Gasteiger partial charge >= 0.3 is 0 Å². The maximum Gasteiger partial charge on any atom is 0.101 e. The summed E-state index contributed by atoms with van der Waals surface area (Å²) in [6.45, 7) is 3.89. The van der Waals surface area contributed by atoms with Crippen molar-refractivity contribution in [2.45, 2.75) is 13.8 Å². The molecule has 0 saturated carbocycles. The van der Waals surface area contributed by atoms with Crippen LogP contribution in [-0.4, -0.2) is 0 Å². The molecule has 0 N–H and O–H groups in total. The van der Waals surface area contributed by atoms with Crippen molar-refractivity contribution < 1.29 is 0 Å². The molecule has 1 aromatic rings. The van der Waals surface area contributed by atoms with Gasteiger partial charge in [-0.2, -0.15) is 5.26 Å². The Morgan fingerprint density at radius 3 is 2.42 bits per heavy atom. The normalized spacial score (nSPS) is 9.58. The van der Waals surface area contributed by atoms with Gasteiger partial charge in [0.25, 0.3) is 0 Å². The van der Waals surface area contributed by atoms with Crippen LogP contribution in [0.15, 0.2) is 15.0 Å². The second-order valence-corrected chi connectivity index (χ2v) is 4.25. The molecule has 0 atom stereocenters. The predicted molar refractivity (Wildman–Crippen MR) is 56.0 cm³/mol. The Bertz CT molecular complexity index is 338. The van der Waals surface area contributed by atoms with Crippen molar-refractivity contribution in [3.63, 3.8) is 0 Å². The molecule has 0 aromatic heterocycles. The van der Waals surface area contributed by atoms with Crippen molar-refractivity contribution in [1.82, 2.24) is 0 Å². The fourth-order valence-corrected chi connectivity index (χ4v) is 2.02. The van der Waals surface area contributed by atoms with Gasteiger partial charge in [0, 0.05) is 8.95 Å². The molecule has 62 valence electrons. The highest BCUT2D eigenvalue weighted by molar-refractivity contribution is 9.11. The van der Waals surface area contributed by atoms with Gasteiger partial charge in [0.15, 0.2) is 0 Å². The molecule has 0 radical (unpaired) electrons. The van der Waals surface area contributed by atoms with Crippen molar-refractivity contribution >= 4 is 31.9 Å². The van der Waals surface area contributed by atoms with Crippen molar-refractivity contribution in [3.05, 3.63) is 31.7 Å². The van der Waals surface area contributed by atoms with Crippen molar-refractivity contribution in [3.8, 4) is 6.07 Å². The quantitative estimate of drug-likeness (QED) is 0.714. The zero-order chi connectivity index (χ0) is 9.30. The van der Waals surface area contributed by atoms with Crippen LogP contribution in [0, 0.1) is 25.2 Å². The van der Waals surface area contributed by atoms with Crippen molar-refractivity contribution in [2.75, 3.05) is 0 Å². The highest BCUT2D eigenvalue weighted by Gasteiger charge is 2.08. The van der Waals surface area contributed by atoms with E-state index in [2.05, 4.69) is 37.9 Å². The molecular weight excluding hydrogens is 282 g/mol. The van der Waals surface area contributed by atoms with Gasteiger partial charge in [0.05, 0.1) is 5.56 Å². The minimum Gasteiger partial charge on any atom is -0.192 e. The van der Waals surface area contributed by atoms with E-state index in [1.54, 1.807) is 0 Å². The molecule has 0 spiro atoms. The van der Waals surface area contributed by atoms with E-state index in [9.17, 15) is 0 Å². The van der Waals surface area contributed by atoms with Gasteiger partial charge in [0.1, 0.15) is 6.07 Å². The van der Waals surface area contributed by atoms with E-state index < -0.39 is 0 Å². The summed E-state index contributed by atoms with van der Waals surface area (Å²) in [4.78, 5) is 0. The molecule has 0 fully saturated rings. The predicted octanol–water partition coefficient (Wildman–Crippen LogP) is 3.70. The molecule has 1 aromatic carbocycles. The summed E-state index contributed by atoms with van der Waals surface area (Å²) >= 11 is 6.78. The lowest BCUT2D eigenvalue weighted by molar-refractivity contribution is 1.29. The monoisotopic (exact) mass is 287 g/mol. The fraction of sp³-hybridized carbons (Fsp3) is 0.222. The highest BCUT2D eigenvalue weighted by Crippen LogP contribution is 2.29. The van der Waals surface area contributed by atoms with E-state index in [0.29, 0.717) is 5.56 Å². The van der Waals surface area contributed by atoms with Crippen LogP contribution in [0.5, 0.6) is 0 Å². The molecule has 0 heterocycles. The highest BCUT2D eigenvalue weighted by atomic mass is 79.9. The number of rotatable bonds is 0. The zero-order valence-corrected chi connectivity index (χ0v) is 9.95. The molecule has 0 aliphatic carbocycles. The van der Waals surface area contributed by atoms with E-state index in [1.807, 2.05) is 19.9 Å². The lowest BCUT2D eigenvalue weighted by Crippen LogP contribution is -1.89. The van der Waals surface area contributed by atoms with Gasteiger partial charge in [-0.25, -0.2) is 0 Å². The average Bonchev–Trinajstić information content (AvgIpc) is 2.02. The maximum absolute atomic E-state index is 8.85. The third kappa shape index (κ3) is 1.55. The SMILES string of the molecule is Cc1cc(Br)c(C)c(C#N)c1Br. The molecule has 0 saturated heterocycles. The Morgan fingerprint density at radius 1 is 1.33 bits per heavy atom. The number of aryl methyl sites for hydroxylation is 1. The molecule has 1 rings (SSSR count). The van der Waals surface area contributed by atoms with E-state index >= 15 is 0 Å². The molecular formula is C9H7Br2N. The Kier molecular flexibility index (Phi) is 2.92. The summed E-state index contributed by atoms with van der Waals surface area (Å²) in [5.74, 6) is 0. The first-order chi connectivity index (χ1) is 5.57. The Hall–Kier alpha value is -0.330. The molecule has 0 aliphatic rings. The van der Waals surface area contributed by atoms with Gasteiger partial charge in [-0.05, 0) is 47.0 Å². The first kappa shape index (κ1) is 9.76. The van der Waals surface area contributed by atoms with Crippen LogP contribution in [0.4, 0.5) is 0 Å². The minimum absolute atomic E-state index is 0.710. The third-order valence-corrected chi connectivity index (χ3v) is 3.60. The number of nitriles is 1. The van der Waals surface area contributed by atoms with Crippen molar-refractivity contribution in [2.24, 2.45) is 0 Å². The standard InChI is InChI=1S/C9H7Br2N/c1-5-3-8(10)6(2)7(4-12)9(5)11/h3H,1-2H3. The lowest BCUT2D eigenvalue weighted by Gasteiger charge is -2.06. The second kappa shape index (κ2) is 3.59. The second-order valence-electron chi connectivity index (χ2n) is 2.60. The fourth-order valence-electron chi connectivity index (χ4n) is 0.976. The van der Waals surface area contributed by atoms with E-state index in [-0.39, 0.29) is 0 Å².